The summed E-state index contributed by atoms with van der Waals surface area (Å²) >= 11 is 0. The SMILES string of the molecule is Cc1nc(-c2ccn(C)n2)no1. The molecule has 0 atom stereocenters. The lowest BCUT2D eigenvalue weighted by atomic mass is 10.4. The standard InChI is InChI=1S/C7H8N4O/c1-5-8-7(10-12-5)6-3-4-11(2)9-6/h3-4H,1-2H3. The molecule has 2 heterocycles. The van der Waals surface area contributed by atoms with Gasteiger partial charge in [0, 0.05) is 20.2 Å². The maximum absolute atomic E-state index is 4.82. The van der Waals surface area contributed by atoms with Gasteiger partial charge in [-0.3, -0.25) is 4.68 Å². The lowest BCUT2D eigenvalue weighted by Crippen LogP contribution is -1.88. The van der Waals surface area contributed by atoms with Crippen molar-refractivity contribution in [2.75, 3.05) is 0 Å². The Kier molecular flexibility index (Phi) is 1.43. The highest BCUT2D eigenvalue weighted by molar-refractivity contribution is 5.46. The van der Waals surface area contributed by atoms with Crippen molar-refractivity contribution in [1.82, 2.24) is 19.9 Å². The summed E-state index contributed by atoms with van der Waals surface area (Å²) in [6.45, 7) is 1.75. The summed E-state index contributed by atoms with van der Waals surface area (Å²) in [7, 11) is 1.84. The third-order valence-corrected chi connectivity index (χ3v) is 1.47. The summed E-state index contributed by atoms with van der Waals surface area (Å²) in [4.78, 5) is 4.04. The van der Waals surface area contributed by atoms with E-state index < -0.39 is 0 Å². The van der Waals surface area contributed by atoms with E-state index in [-0.39, 0.29) is 0 Å². The monoisotopic (exact) mass is 164 g/mol. The molecule has 0 aliphatic heterocycles. The molecular formula is C7H8N4O. The molecule has 0 amide bonds. The average molecular weight is 164 g/mol. The van der Waals surface area contributed by atoms with Crippen LogP contribution in [0, 0.1) is 6.92 Å². The maximum atomic E-state index is 4.82. The van der Waals surface area contributed by atoms with E-state index in [0.29, 0.717) is 11.7 Å². The molecule has 2 aromatic heterocycles. The summed E-state index contributed by atoms with van der Waals surface area (Å²) in [6.07, 6.45) is 1.83. The van der Waals surface area contributed by atoms with Crippen molar-refractivity contribution in [3.8, 4) is 11.5 Å². The van der Waals surface area contributed by atoms with E-state index in [9.17, 15) is 0 Å². The Morgan fingerprint density at radius 1 is 1.50 bits per heavy atom. The number of aryl methyl sites for hydroxylation is 2. The minimum Gasteiger partial charge on any atom is -0.339 e. The highest BCUT2D eigenvalue weighted by Gasteiger charge is 2.07. The quantitative estimate of drug-likeness (QED) is 0.624. The van der Waals surface area contributed by atoms with Gasteiger partial charge in [-0.05, 0) is 6.07 Å². The zero-order valence-electron chi connectivity index (χ0n) is 6.85. The fourth-order valence-electron chi connectivity index (χ4n) is 0.938. The molecule has 0 saturated carbocycles. The number of aromatic nitrogens is 4. The van der Waals surface area contributed by atoms with Crippen molar-refractivity contribution in [2.24, 2.45) is 7.05 Å². The highest BCUT2D eigenvalue weighted by Crippen LogP contribution is 2.11. The fourth-order valence-corrected chi connectivity index (χ4v) is 0.938. The van der Waals surface area contributed by atoms with Gasteiger partial charge in [-0.1, -0.05) is 5.16 Å². The molecule has 0 unspecified atom stereocenters. The molecule has 0 N–H and O–H groups in total. The fraction of sp³-hybridized carbons (Fsp3) is 0.286. The Balaban J connectivity index is 2.43. The Bertz CT molecular complexity index is 351. The van der Waals surface area contributed by atoms with Crippen molar-refractivity contribution in [2.45, 2.75) is 6.92 Å². The second-order valence-electron chi connectivity index (χ2n) is 2.51. The van der Waals surface area contributed by atoms with Crippen LogP contribution in [0.2, 0.25) is 0 Å². The van der Waals surface area contributed by atoms with E-state index in [0.717, 1.165) is 5.69 Å². The van der Waals surface area contributed by atoms with Crippen molar-refractivity contribution >= 4 is 0 Å². The Hall–Kier alpha value is -1.65. The molecule has 5 heteroatoms. The van der Waals surface area contributed by atoms with Crippen LogP contribution in [0.25, 0.3) is 11.5 Å². The molecule has 0 aliphatic carbocycles. The van der Waals surface area contributed by atoms with Gasteiger partial charge in [0.1, 0.15) is 5.69 Å². The summed E-state index contributed by atoms with van der Waals surface area (Å²) in [5.74, 6) is 1.09. The molecule has 2 rings (SSSR count). The predicted molar refractivity (Wildman–Crippen MR) is 41.2 cm³/mol. The second-order valence-corrected chi connectivity index (χ2v) is 2.51. The first kappa shape index (κ1) is 7.02. The van der Waals surface area contributed by atoms with E-state index >= 15 is 0 Å². The molecule has 0 aliphatic rings. The van der Waals surface area contributed by atoms with Crippen LogP contribution in [0.4, 0.5) is 0 Å². The van der Waals surface area contributed by atoms with Crippen molar-refractivity contribution < 1.29 is 4.52 Å². The third kappa shape index (κ3) is 1.09. The third-order valence-electron chi connectivity index (χ3n) is 1.47. The van der Waals surface area contributed by atoms with Gasteiger partial charge in [0.15, 0.2) is 0 Å². The molecule has 0 saturated heterocycles. The smallest absolute Gasteiger partial charge is 0.223 e. The van der Waals surface area contributed by atoms with E-state index in [4.69, 9.17) is 4.52 Å². The number of nitrogens with zero attached hydrogens (tertiary/aromatic N) is 4. The van der Waals surface area contributed by atoms with Crippen LogP contribution in [-0.2, 0) is 7.05 Å². The van der Waals surface area contributed by atoms with Crippen LogP contribution in [0.1, 0.15) is 5.89 Å². The minimum absolute atomic E-state index is 0.535. The van der Waals surface area contributed by atoms with E-state index in [2.05, 4.69) is 15.2 Å². The summed E-state index contributed by atoms with van der Waals surface area (Å²) < 4.78 is 6.51. The zero-order valence-corrected chi connectivity index (χ0v) is 6.85. The molecule has 62 valence electrons. The molecule has 0 aromatic carbocycles. The van der Waals surface area contributed by atoms with E-state index in [1.165, 1.54) is 0 Å². The van der Waals surface area contributed by atoms with Gasteiger partial charge in [0.25, 0.3) is 0 Å². The first-order valence-corrected chi connectivity index (χ1v) is 3.56. The van der Waals surface area contributed by atoms with Gasteiger partial charge in [-0.25, -0.2) is 0 Å². The van der Waals surface area contributed by atoms with Gasteiger partial charge in [0.05, 0.1) is 0 Å². The van der Waals surface area contributed by atoms with Crippen LogP contribution < -0.4 is 0 Å². The minimum atomic E-state index is 0.535. The summed E-state index contributed by atoms with van der Waals surface area (Å²) in [5.41, 5.74) is 0.731. The molecule has 0 radical (unpaired) electrons. The largest absolute Gasteiger partial charge is 0.339 e. The molecule has 0 fully saturated rings. The molecule has 2 aromatic rings. The Morgan fingerprint density at radius 2 is 2.33 bits per heavy atom. The topological polar surface area (TPSA) is 56.7 Å². The van der Waals surface area contributed by atoms with Gasteiger partial charge in [-0.2, -0.15) is 10.1 Å². The van der Waals surface area contributed by atoms with Crippen molar-refractivity contribution in [1.29, 1.82) is 0 Å². The molecule has 5 nitrogen and oxygen atoms in total. The van der Waals surface area contributed by atoms with Gasteiger partial charge >= 0.3 is 0 Å². The van der Waals surface area contributed by atoms with Crippen molar-refractivity contribution in [3.63, 3.8) is 0 Å². The summed E-state index contributed by atoms with van der Waals surface area (Å²) in [6, 6.07) is 1.84. The number of hydrogen-bond acceptors (Lipinski definition) is 4. The van der Waals surface area contributed by atoms with Gasteiger partial charge in [0.2, 0.25) is 11.7 Å². The van der Waals surface area contributed by atoms with Crippen LogP contribution in [-0.4, -0.2) is 19.9 Å². The van der Waals surface area contributed by atoms with Crippen LogP contribution in [0.15, 0.2) is 16.8 Å². The van der Waals surface area contributed by atoms with Crippen LogP contribution in [0.3, 0.4) is 0 Å². The first-order chi connectivity index (χ1) is 5.75. The molecule has 12 heavy (non-hydrogen) atoms. The van der Waals surface area contributed by atoms with E-state index in [1.54, 1.807) is 11.6 Å². The normalized spacial score (nSPS) is 10.5. The predicted octanol–water partition coefficient (Wildman–Crippen LogP) is 0.779. The van der Waals surface area contributed by atoms with Crippen LogP contribution >= 0.6 is 0 Å². The van der Waals surface area contributed by atoms with Gasteiger partial charge in [-0.15, -0.1) is 0 Å². The number of hydrogen-bond donors (Lipinski definition) is 0. The zero-order chi connectivity index (χ0) is 8.55. The highest BCUT2D eigenvalue weighted by atomic mass is 16.5. The Morgan fingerprint density at radius 3 is 2.83 bits per heavy atom. The maximum Gasteiger partial charge on any atom is 0.223 e. The lowest BCUT2D eigenvalue weighted by Gasteiger charge is -1.84. The average Bonchev–Trinajstić information content (AvgIpc) is 2.58. The Labute approximate surface area is 69.0 Å². The molecule has 0 bridgehead atoms. The van der Waals surface area contributed by atoms with Crippen LogP contribution in [0.5, 0.6) is 0 Å². The summed E-state index contributed by atoms with van der Waals surface area (Å²) in [5, 5.41) is 7.86. The lowest BCUT2D eigenvalue weighted by molar-refractivity contribution is 0.394. The number of rotatable bonds is 1. The van der Waals surface area contributed by atoms with Crippen molar-refractivity contribution in [3.05, 3.63) is 18.2 Å². The molecular weight excluding hydrogens is 156 g/mol. The second kappa shape index (κ2) is 2.44. The van der Waals surface area contributed by atoms with Gasteiger partial charge < -0.3 is 4.52 Å². The molecule has 0 spiro atoms. The first-order valence-electron chi connectivity index (χ1n) is 3.56. The van der Waals surface area contributed by atoms with E-state index in [1.807, 2.05) is 19.3 Å².